The first-order valence-corrected chi connectivity index (χ1v) is 11.7. The lowest BCUT2D eigenvalue weighted by molar-refractivity contribution is -0.125. The molecule has 4 atom stereocenters. The number of ether oxygens (including phenoxy) is 2. The minimum atomic E-state index is -3.86. The van der Waals surface area contributed by atoms with Gasteiger partial charge in [0, 0.05) is 18.1 Å². The summed E-state index contributed by atoms with van der Waals surface area (Å²) in [4.78, 5) is 12.3. The lowest BCUT2D eigenvalue weighted by Gasteiger charge is -2.15. The number of hydrogen-bond donors (Lipinski definition) is 4. The number of carbonyl (C=O) groups excluding carboxylic acids is 1. The van der Waals surface area contributed by atoms with E-state index in [4.69, 9.17) is 21.1 Å². The van der Waals surface area contributed by atoms with Crippen LogP contribution in [0.5, 0.6) is 5.75 Å². The Bertz CT molecular complexity index is 1020. The van der Waals surface area contributed by atoms with Gasteiger partial charge in [0.25, 0.3) is 0 Å². The summed E-state index contributed by atoms with van der Waals surface area (Å²) in [5.74, 6) is 0.328. The number of rotatable bonds is 9. The topological polar surface area (TPSA) is 134 Å². The van der Waals surface area contributed by atoms with Gasteiger partial charge in [-0.1, -0.05) is 23.7 Å². The molecule has 0 spiro atoms. The van der Waals surface area contributed by atoms with Crippen LogP contribution in [0.3, 0.4) is 0 Å². The van der Waals surface area contributed by atoms with Gasteiger partial charge >= 0.3 is 0 Å². The average molecular weight is 485 g/mol. The Morgan fingerprint density at radius 2 is 1.69 bits per heavy atom. The first kappa shape index (κ1) is 24.4. The smallest absolute Gasteiger partial charge is 0.240 e. The minimum absolute atomic E-state index is 0.00407. The van der Waals surface area contributed by atoms with Crippen LogP contribution in [0.4, 0.5) is 0 Å². The zero-order valence-electron chi connectivity index (χ0n) is 17.3. The quantitative estimate of drug-likeness (QED) is 0.414. The van der Waals surface area contributed by atoms with Gasteiger partial charge in [-0.25, -0.2) is 13.1 Å². The fraction of sp³-hybridized carbons (Fsp3) is 0.381. The van der Waals surface area contributed by atoms with E-state index >= 15 is 0 Å². The van der Waals surface area contributed by atoms with Gasteiger partial charge < -0.3 is 25.0 Å². The van der Waals surface area contributed by atoms with Crippen molar-refractivity contribution in [1.82, 2.24) is 10.0 Å². The predicted molar refractivity (Wildman–Crippen MR) is 117 cm³/mol. The SMILES string of the molecule is COc1ccc(CNC(=O)C[C@@H]2O[C@H](CNS(=O)(=O)c3ccc(Cl)cc3)[C@@H](O)[C@H]2O)cc1. The van der Waals surface area contributed by atoms with Gasteiger partial charge in [0.15, 0.2) is 0 Å². The molecule has 0 aromatic heterocycles. The Morgan fingerprint density at radius 1 is 1.06 bits per heavy atom. The molecule has 2 aromatic rings. The molecule has 32 heavy (non-hydrogen) atoms. The van der Waals surface area contributed by atoms with E-state index in [9.17, 15) is 23.4 Å². The Hall–Kier alpha value is -2.21. The molecule has 4 N–H and O–H groups in total. The number of halogens is 1. The van der Waals surface area contributed by atoms with Crippen LogP contribution >= 0.6 is 11.6 Å². The number of methoxy groups -OCH3 is 1. The van der Waals surface area contributed by atoms with E-state index in [1.165, 1.54) is 24.3 Å². The molecule has 0 saturated carbocycles. The van der Waals surface area contributed by atoms with Crippen LogP contribution in [-0.2, 0) is 26.1 Å². The van der Waals surface area contributed by atoms with Crippen molar-refractivity contribution in [2.24, 2.45) is 0 Å². The molecule has 3 rings (SSSR count). The summed E-state index contributed by atoms with van der Waals surface area (Å²) < 4.78 is 37.8. The maximum absolute atomic E-state index is 12.4. The third-order valence-corrected chi connectivity index (χ3v) is 6.79. The van der Waals surface area contributed by atoms with Crippen LogP contribution in [0.15, 0.2) is 53.4 Å². The van der Waals surface area contributed by atoms with Crippen LogP contribution in [-0.4, -0.2) is 62.6 Å². The summed E-state index contributed by atoms with van der Waals surface area (Å²) in [6.07, 6.45) is -4.83. The van der Waals surface area contributed by atoms with Crippen LogP contribution in [0, 0.1) is 0 Å². The van der Waals surface area contributed by atoms with Crippen molar-refractivity contribution >= 4 is 27.5 Å². The average Bonchev–Trinajstić information content (AvgIpc) is 3.05. The second-order valence-corrected chi connectivity index (χ2v) is 9.53. The zero-order chi connectivity index (χ0) is 23.3. The highest BCUT2D eigenvalue weighted by atomic mass is 35.5. The number of sulfonamides is 1. The minimum Gasteiger partial charge on any atom is -0.497 e. The van der Waals surface area contributed by atoms with Crippen molar-refractivity contribution in [3.8, 4) is 5.75 Å². The van der Waals surface area contributed by atoms with E-state index in [2.05, 4.69) is 10.0 Å². The van der Waals surface area contributed by atoms with Crippen LogP contribution < -0.4 is 14.8 Å². The Kier molecular flexibility index (Phi) is 8.10. The van der Waals surface area contributed by atoms with Crippen molar-refractivity contribution in [3.63, 3.8) is 0 Å². The normalized spacial score (nSPS) is 23.1. The lowest BCUT2D eigenvalue weighted by atomic mass is 10.1. The summed E-state index contributed by atoms with van der Waals surface area (Å²) in [7, 11) is -2.30. The van der Waals surface area contributed by atoms with E-state index in [1.807, 2.05) is 12.1 Å². The maximum atomic E-state index is 12.4. The number of hydrogen-bond acceptors (Lipinski definition) is 7. The zero-order valence-corrected chi connectivity index (χ0v) is 18.8. The largest absolute Gasteiger partial charge is 0.497 e. The van der Waals surface area contributed by atoms with Gasteiger partial charge in [0.2, 0.25) is 15.9 Å². The van der Waals surface area contributed by atoms with Crippen molar-refractivity contribution in [1.29, 1.82) is 0 Å². The van der Waals surface area contributed by atoms with Crippen molar-refractivity contribution in [2.45, 2.75) is 42.3 Å². The third-order valence-electron chi connectivity index (χ3n) is 5.10. The van der Waals surface area contributed by atoms with Crippen LogP contribution in [0.1, 0.15) is 12.0 Å². The number of carbonyl (C=O) groups is 1. The first-order valence-electron chi connectivity index (χ1n) is 9.86. The van der Waals surface area contributed by atoms with Gasteiger partial charge in [-0.2, -0.15) is 0 Å². The van der Waals surface area contributed by atoms with Gasteiger partial charge in [-0.05, 0) is 42.0 Å². The summed E-state index contributed by atoms with van der Waals surface area (Å²) in [5, 5.41) is 23.6. The van der Waals surface area contributed by atoms with Crippen molar-refractivity contribution < 1.29 is 32.9 Å². The molecule has 2 aromatic carbocycles. The molecule has 1 fully saturated rings. The fourth-order valence-electron chi connectivity index (χ4n) is 3.25. The van der Waals surface area contributed by atoms with E-state index in [1.54, 1.807) is 19.2 Å². The summed E-state index contributed by atoms with van der Waals surface area (Å²) in [6, 6.07) is 12.8. The molecule has 0 bridgehead atoms. The molecule has 1 aliphatic heterocycles. The van der Waals surface area contributed by atoms with Crippen LogP contribution in [0.25, 0.3) is 0 Å². The first-order chi connectivity index (χ1) is 15.2. The molecule has 174 valence electrons. The highest BCUT2D eigenvalue weighted by molar-refractivity contribution is 7.89. The molecule has 0 unspecified atom stereocenters. The van der Waals surface area contributed by atoms with E-state index in [0.29, 0.717) is 10.8 Å². The molecular formula is C21H25ClN2O7S. The van der Waals surface area contributed by atoms with E-state index < -0.39 is 34.4 Å². The van der Waals surface area contributed by atoms with Crippen molar-refractivity contribution in [3.05, 3.63) is 59.1 Å². The highest BCUT2D eigenvalue weighted by Gasteiger charge is 2.43. The molecule has 0 radical (unpaired) electrons. The van der Waals surface area contributed by atoms with Gasteiger partial charge in [-0.3, -0.25) is 4.79 Å². The third kappa shape index (κ3) is 6.18. The van der Waals surface area contributed by atoms with E-state index in [-0.39, 0.29) is 30.3 Å². The molecule has 0 aliphatic carbocycles. The second-order valence-electron chi connectivity index (χ2n) is 7.33. The predicted octanol–water partition coefficient (Wildman–Crippen LogP) is 0.823. The number of amides is 1. The number of aliphatic hydroxyl groups is 2. The summed E-state index contributed by atoms with van der Waals surface area (Å²) in [6.45, 7) is 0.00563. The van der Waals surface area contributed by atoms with Gasteiger partial charge in [0.1, 0.15) is 24.1 Å². The molecular weight excluding hydrogens is 460 g/mol. The molecule has 9 nitrogen and oxygen atoms in total. The van der Waals surface area contributed by atoms with Crippen LogP contribution in [0.2, 0.25) is 5.02 Å². The number of benzene rings is 2. The summed E-state index contributed by atoms with van der Waals surface area (Å²) >= 11 is 5.77. The Balaban J connectivity index is 1.50. The van der Waals surface area contributed by atoms with E-state index in [0.717, 1.165) is 5.56 Å². The summed E-state index contributed by atoms with van der Waals surface area (Å²) in [5.41, 5.74) is 0.863. The van der Waals surface area contributed by atoms with Gasteiger partial charge in [-0.15, -0.1) is 0 Å². The van der Waals surface area contributed by atoms with Gasteiger partial charge in [0.05, 0.1) is 24.5 Å². The number of aliphatic hydroxyl groups excluding tert-OH is 2. The monoisotopic (exact) mass is 484 g/mol. The standard InChI is InChI=1S/C21H25ClN2O7S/c1-30-15-6-2-13(3-7-15)11-23-19(25)10-17-20(26)21(27)18(31-17)12-24-32(28,29)16-8-4-14(22)5-9-16/h2-9,17-18,20-21,24,26-27H,10-12H2,1H3,(H,23,25)/t17-,18+,20-,21+/m0/s1. The Labute approximate surface area is 191 Å². The molecule has 1 saturated heterocycles. The maximum Gasteiger partial charge on any atom is 0.240 e. The molecule has 1 aliphatic rings. The number of nitrogens with one attached hydrogen (secondary N) is 2. The fourth-order valence-corrected chi connectivity index (χ4v) is 4.42. The highest BCUT2D eigenvalue weighted by Crippen LogP contribution is 2.24. The van der Waals surface area contributed by atoms with Crippen molar-refractivity contribution in [2.75, 3.05) is 13.7 Å². The Morgan fingerprint density at radius 3 is 2.31 bits per heavy atom. The molecule has 1 amide bonds. The lowest BCUT2D eigenvalue weighted by Crippen LogP contribution is -2.40. The molecule has 11 heteroatoms. The molecule has 1 heterocycles. The second kappa shape index (κ2) is 10.6.